The maximum Gasteiger partial charge on any atom is 0.267 e. The third kappa shape index (κ3) is 2.70. The van der Waals surface area contributed by atoms with Gasteiger partial charge in [-0.1, -0.05) is 32.9 Å². The number of carbonyl (C=O) groups is 1. The predicted octanol–water partition coefficient (Wildman–Crippen LogP) is 3.59. The summed E-state index contributed by atoms with van der Waals surface area (Å²) in [5.74, 6) is 1.49. The monoisotopic (exact) mass is 300 g/mol. The molecule has 1 atom stereocenters. The summed E-state index contributed by atoms with van der Waals surface area (Å²) >= 11 is 0. The molecule has 0 bridgehead atoms. The Morgan fingerprint density at radius 3 is 3.00 bits per heavy atom. The number of hydrogen-bond acceptors (Lipinski definition) is 2. The molecule has 1 aromatic heterocycles. The van der Waals surface area contributed by atoms with Crippen LogP contribution in [-0.2, 0) is 6.54 Å². The fourth-order valence-electron chi connectivity index (χ4n) is 2.96. The normalized spacial score (nSPS) is 16.8. The predicted molar refractivity (Wildman–Crippen MR) is 88.4 cm³/mol. The van der Waals surface area contributed by atoms with Gasteiger partial charge in [0.25, 0.3) is 5.91 Å². The summed E-state index contributed by atoms with van der Waals surface area (Å²) < 4.78 is 8.12. The van der Waals surface area contributed by atoms with Crippen molar-refractivity contribution in [1.29, 1.82) is 0 Å². The molecule has 118 valence electrons. The number of para-hydroxylation sites is 1. The molecule has 1 aromatic carbocycles. The van der Waals surface area contributed by atoms with Crippen molar-refractivity contribution in [3.05, 3.63) is 30.0 Å². The molecule has 0 saturated carbocycles. The number of amides is 1. The van der Waals surface area contributed by atoms with Gasteiger partial charge in [-0.05, 0) is 30.9 Å². The molecule has 0 fully saturated rings. The number of hydrogen-bond donors (Lipinski definition) is 1. The second-order valence-electron chi connectivity index (χ2n) is 6.42. The van der Waals surface area contributed by atoms with Crippen molar-refractivity contribution in [3.8, 4) is 5.75 Å². The van der Waals surface area contributed by atoms with Gasteiger partial charge in [-0.25, -0.2) is 0 Å². The smallest absolute Gasteiger partial charge is 0.267 e. The molecule has 2 heterocycles. The van der Waals surface area contributed by atoms with Gasteiger partial charge in [0, 0.05) is 11.9 Å². The Morgan fingerprint density at radius 2 is 2.27 bits per heavy atom. The van der Waals surface area contributed by atoms with E-state index in [0.29, 0.717) is 5.92 Å². The number of aromatic nitrogens is 1. The highest BCUT2D eigenvalue weighted by atomic mass is 16.5. The SMILES string of the molecule is CC[C@@H]1Cn2c(C(=O)NCCC(C)C)cc3cccc(c32)O1. The Hall–Kier alpha value is -1.97. The van der Waals surface area contributed by atoms with Gasteiger partial charge in [0.05, 0.1) is 12.1 Å². The van der Waals surface area contributed by atoms with Crippen LogP contribution in [0.3, 0.4) is 0 Å². The zero-order valence-corrected chi connectivity index (χ0v) is 13.6. The van der Waals surface area contributed by atoms with Crippen molar-refractivity contribution in [3.63, 3.8) is 0 Å². The van der Waals surface area contributed by atoms with E-state index in [1.165, 1.54) is 0 Å². The average Bonchev–Trinajstić information content (AvgIpc) is 2.87. The zero-order chi connectivity index (χ0) is 15.7. The minimum absolute atomic E-state index is 0.0135. The second kappa shape index (κ2) is 6.03. The fraction of sp³-hybridized carbons (Fsp3) is 0.500. The van der Waals surface area contributed by atoms with E-state index in [9.17, 15) is 4.79 Å². The van der Waals surface area contributed by atoms with E-state index in [1.807, 2.05) is 24.3 Å². The Bertz CT molecular complexity index is 688. The molecule has 0 radical (unpaired) electrons. The minimum atomic E-state index is 0.0135. The molecule has 1 N–H and O–H groups in total. The number of nitrogens with zero attached hydrogens (tertiary/aromatic N) is 1. The average molecular weight is 300 g/mol. The fourth-order valence-corrected chi connectivity index (χ4v) is 2.96. The van der Waals surface area contributed by atoms with E-state index < -0.39 is 0 Å². The first kappa shape index (κ1) is 14.9. The topological polar surface area (TPSA) is 43.3 Å². The molecule has 1 amide bonds. The van der Waals surface area contributed by atoms with Crippen LogP contribution < -0.4 is 10.1 Å². The quantitative estimate of drug-likeness (QED) is 0.917. The van der Waals surface area contributed by atoms with Crippen LogP contribution in [0.5, 0.6) is 5.75 Å². The first-order valence-electron chi connectivity index (χ1n) is 8.17. The molecule has 0 unspecified atom stereocenters. The summed E-state index contributed by atoms with van der Waals surface area (Å²) in [6, 6.07) is 7.99. The van der Waals surface area contributed by atoms with Crippen molar-refractivity contribution >= 4 is 16.8 Å². The van der Waals surface area contributed by atoms with Crippen LogP contribution in [0.4, 0.5) is 0 Å². The van der Waals surface area contributed by atoms with Crippen LogP contribution in [0.15, 0.2) is 24.3 Å². The number of rotatable bonds is 5. The number of ether oxygens (including phenoxy) is 1. The molecule has 3 rings (SSSR count). The van der Waals surface area contributed by atoms with Crippen molar-refractivity contribution in [2.45, 2.75) is 46.3 Å². The van der Waals surface area contributed by atoms with Gasteiger partial charge in [-0.15, -0.1) is 0 Å². The van der Waals surface area contributed by atoms with Crippen LogP contribution in [0.1, 0.15) is 44.1 Å². The lowest BCUT2D eigenvalue weighted by atomic mass is 10.1. The van der Waals surface area contributed by atoms with Crippen molar-refractivity contribution in [2.75, 3.05) is 6.54 Å². The second-order valence-corrected chi connectivity index (χ2v) is 6.42. The molecule has 0 spiro atoms. The van der Waals surface area contributed by atoms with E-state index in [4.69, 9.17) is 4.74 Å². The zero-order valence-electron chi connectivity index (χ0n) is 13.6. The summed E-state index contributed by atoms with van der Waals surface area (Å²) in [5, 5.41) is 4.11. The summed E-state index contributed by atoms with van der Waals surface area (Å²) in [6.07, 6.45) is 2.06. The van der Waals surface area contributed by atoms with Crippen molar-refractivity contribution in [1.82, 2.24) is 9.88 Å². The Morgan fingerprint density at radius 1 is 1.45 bits per heavy atom. The summed E-state index contributed by atoms with van der Waals surface area (Å²) in [5.41, 5.74) is 1.79. The highest BCUT2D eigenvalue weighted by Crippen LogP contribution is 2.34. The maximum absolute atomic E-state index is 12.5. The van der Waals surface area contributed by atoms with E-state index in [2.05, 4.69) is 30.7 Å². The molecular formula is C18H24N2O2. The molecule has 1 aliphatic rings. The standard InChI is InChI=1S/C18H24N2O2/c1-4-14-11-20-15(18(21)19-9-8-12(2)3)10-13-6-5-7-16(22-14)17(13)20/h5-7,10,12,14H,4,8-9,11H2,1-3H3,(H,19,21)/t14-/m1/s1. The molecule has 0 saturated heterocycles. The number of nitrogens with one attached hydrogen (secondary N) is 1. The van der Waals surface area contributed by atoms with E-state index >= 15 is 0 Å². The van der Waals surface area contributed by atoms with Crippen molar-refractivity contribution in [2.24, 2.45) is 5.92 Å². The van der Waals surface area contributed by atoms with Gasteiger partial charge in [0.15, 0.2) is 0 Å². The van der Waals surface area contributed by atoms with Gasteiger partial charge in [-0.2, -0.15) is 0 Å². The number of benzene rings is 1. The summed E-state index contributed by atoms with van der Waals surface area (Å²) in [7, 11) is 0. The van der Waals surface area contributed by atoms with Crippen LogP contribution in [0.25, 0.3) is 10.9 Å². The van der Waals surface area contributed by atoms with E-state index in [1.54, 1.807) is 0 Å². The highest BCUT2D eigenvalue weighted by Gasteiger charge is 2.25. The number of carbonyl (C=O) groups excluding carboxylic acids is 1. The van der Waals surface area contributed by atoms with Gasteiger partial charge < -0.3 is 14.6 Å². The van der Waals surface area contributed by atoms with Crippen molar-refractivity contribution < 1.29 is 9.53 Å². The lowest BCUT2D eigenvalue weighted by Gasteiger charge is -2.26. The minimum Gasteiger partial charge on any atom is -0.486 e. The van der Waals surface area contributed by atoms with Crippen LogP contribution >= 0.6 is 0 Å². The lowest BCUT2D eigenvalue weighted by molar-refractivity contribution is 0.0936. The molecule has 2 aromatic rings. The van der Waals surface area contributed by atoms with Crippen LogP contribution in [-0.4, -0.2) is 23.1 Å². The molecule has 22 heavy (non-hydrogen) atoms. The van der Waals surface area contributed by atoms with E-state index in [-0.39, 0.29) is 12.0 Å². The maximum atomic E-state index is 12.5. The summed E-state index contributed by atoms with van der Waals surface area (Å²) in [6.45, 7) is 7.90. The van der Waals surface area contributed by atoms with Crippen LogP contribution in [0, 0.1) is 5.92 Å². The molecule has 4 heteroatoms. The largest absolute Gasteiger partial charge is 0.486 e. The van der Waals surface area contributed by atoms with Crippen LogP contribution in [0.2, 0.25) is 0 Å². The molecule has 1 aliphatic heterocycles. The Balaban J connectivity index is 1.91. The third-order valence-corrected chi connectivity index (χ3v) is 4.26. The highest BCUT2D eigenvalue weighted by molar-refractivity contribution is 6.00. The van der Waals surface area contributed by atoms with Gasteiger partial charge in [0.2, 0.25) is 0 Å². The first-order chi connectivity index (χ1) is 10.6. The lowest BCUT2D eigenvalue weighted by Crippen LogP contribution is -2.32. The van der Waals surface area contributed by atoms with Gasteiger partial charge >= 0.3 is 0 Å². The molecule has 4 nitrogen and oxygen atoms in total. The first-order valence-corrected chi connectivity index (χ1v) is 8.17. The van der Waals surface area contributed by atoms with Gasteiger partial charge in [0.1, 0.15) is 17.5 Å². The van der Waals surface area contributed by atoms with E-state index in [0.717, 1.165) is 48.3 Å². The van der Waals surface area contributed by atoms with Gasteiger partial charge in [-0.3, -0.25) is 4.79 Å². The Labute approximate surface area is 131 Å². The Kier molecular flexibility index (Phi) is 4.10. The summed E-state index contributed by atoms with van der Waals surface area (Å²) in [4.78, 5) is 12.5. The third-order valence-electron chi connectivity index (χ3n) is 4.26. The molecule has 0 aliphatic carbocycles. The molecular weight excluding hydrogens is 276 g/mol.